The second-order valence-corrected chi connectivity index (χ2v) is 6.78. The van der Waals surface area contributed by atoms with E-state index in [9.17, 15) is 4.79 Å². The first kappa shape index (κ1) is 18.0. The van der Waals surface area contributed by atoms with E-state index in [4.69, 9.17) is 5.11 Å². The largest absolute Gasteiger partial charge is 0.478 e. The number of hydrogen-bond acceptors (Lipinski definition) is 2. The van der Waals surface area contributed by atoms with Gasteiger partial charge in [0.1, 0.15) is 0 Å². The van der Waals surface area contributed by atoms with Crippen molar-refractivity contribution in [3.8, 4) is 11.8 Å². The van der Waals surface area contributed by atoms with E-state index < -0.39 is 5.97 Å². The van der Waals surface area contributed by atoms with Crippen LogP contribution in [0.4, 0.5) is 0 Å². The number of carboxylic acid groups (broad SMARTS) is 1. The third-order valence-corrected chi connectivity index (χ3v) is 4.37. The maximum absolute atomic E-state index is 10.9. The number of aliphatic carboxylic acids is 1. The van der Waals surface area contributed by atoms with Crippen molar-refractivity contribution < 1.29 is 9.90 Å². The number of carbonyl (C=O) groups is 1. The van der Waals surface area contributed by atoms with Crippen LogP contribution >= 0.6 is 0 Å². The van der Waals surface area contributed by atoms with Crippen LogP contribution in [0.1, 0.15) is 42.0 Å². The molecule has 1 fully saturated rings. The number of carboxylic acids is 1. The van der Waals surface area contributed by atoms with Gasteiger partial charge in [-0.3, -0.25) is 0 Å². The molecule has 2 aromatic carbocycles. The first-order chi connectivity index (χ1) is 12.6. The van der Waals surface area contributed by atoms with E-state index in [-0.39, 0.29) is 0 Å². The molecule has 0 aromatic heterocycles. The van der Waals surface area contributed by atoms with E-state index >= 15 is 0 Å². The minimum atomic E-state index is -0.902. The Bertz CT molecular complexity index is 865. The quantitative estimate of drug-likeness (QED) is 0.613. The average molecular weight is 345 g/mol. The van der Waals surface area contributed by atoms with E-state index in [0.29, 0.717) is 5.57 Å². The fourth-order valence-corrected chi connectivity index (χ4v) is 2.62. The minimum Gasteiger partial charge on any atom is -0.478 e. The van der Waals surface area contributed by atoms with Gasteiger partial charge in [-0.2, -0.15) is 0 Å². The van der Waals surface area contributed by atoms with E-state index in [1.807, 2.05) is 36.4 Å². The molecule has 3 heteroatoms. The Kier molecular flexibility index (Phi) is 5.88. The van der Waals surface area contributed by atoms with Crippen molar-refractivity contribution in [1.82, 2.24) is 5.32 Å². The number of nitrogens with one attached hydrogen (secondary N) is 1. The van der Waals surface area contributed by atoms with Crippen LogP contribution in [0.5, 0.6) is 0 Å². The third-order valence-electron chi connectivity index (χ3n) is 4.37. The van der Waals surface area contributed by atoms with Crippen LogP contribution in [0.25, 0.3) is 6.08 Å². The van der Waals surface area contributed by atoms with Gasteiger partial charge in [0, 0.05) is 23.2 Å². The van der Waals surface area contributed by atoms with Crippen LogP contribution < -0.4 is 5.32 Å². The number of hydrogen-bond donors (Lipinski definition) is 2. The Labute approximate surface area is 154 Å². The smallest absolute Gasteiger partial charge is 0.331 e. The number of benzene rings is 2. The summed E-state index contributed by atoms with van der Waals surface area (Å²) in [5.74, 6) is 6.35. The summed E-state index contributed by atoms with van der Waals surface area (Å²) >= 11 is 0. The van der Waals surface area contributed by atoms with Gasteiger partial charge in [0.15, 0.2) is 0 Å². The molecule has 2 aromatic rings. The van der Waals surface area contributed by atoms with E-state index in [1.54, 1.807) is 13.0 Å². The summed E-state index contributed by atoms with van der Waals surface area (Å²) in [6.07, 6.45) is 4.38. The topological polar surface area (TPSA) is 49.3 Å². The van der Waals surface area contributed by atoms with Gasteiger partial charge in [-0.15, -0.1) is 0 Å². The van der Waals surface area contributed by atoms with Gasteiger partial charge in [-0.1, -0.05) is 36.1 Å². The zero-order chi connectivity index (χ0) is 18.4. The van der Waals surface area contributed by atoms with Gasteiger partial charge in [0.25, 0.3) is 0 Å². The highest BCUT2D eigenvalue weighted by molar-refractivity contribution is 5.91. The highest BCUT2D eigenvalue weighted by Crippen LogP contribution is 2.27. The molecule has 26 heavy (non-hydrogen) atoms. The molecule has 0 atom stereocenters. The van der Waals surface area contributed by atoms with Crippen molar-refractivity contribution in [2.45, 2.75) is 26.3 Å². The van der Waals surface area contributed by atoms with Gasteiger partial charge in [0.05, 0.1) is 0 Å². The number of rotatable bonds is 6. The predicted molar refractivity (Wildman–Crippen MR) is 105 cm³/mol. The van der Waals surface area contributed by atoms with Crippen molar-refractivity contribution in [3.63, 3.8) is 0 Å². The summed E-state index contributed by atoms with van der Waals surface area (Å²) in [6, 6.07) is 15.9. The standard InChI is InChI=1S/C23H23NO2/c1-17(23(25)26)13-20-9-6-18(7-10-20)5-8-19-3-2-4-22(14-19)16-24-15-21-11-12-21/h2-4,6-7,9-10,13-14,21,24H,11-12,15-16H2,1H3,(H,25,26)/b17-13+. The molecule has 132 valence electrons. The van der Waals surface area contributed by atoms with Crippen LogP contribution in [0.3, 0.4) is 0 Å². The van der Waals surface area contributed by atoms with Gasteiger partial charge in [-0.25, -0.2) is 4.79 Å². The van der Waals surface area contributed by atoms with Gasteiger partial charge < -0.3 is 10.4 Å². The lowest BCUT2D eigenvalue weighted by molar-refractivity contribution is -0.132. The van der Waals surface area contributed by atoms with Crippen molar-refractivity contribution in [3.05, 3.63) is 76.4 Å². The lowest BCUT2D eigenvalue weighted by atomic mass is 10.1. The van der Waals surface area contributed by atoms with E-state index in [0.717, 1.165) is 35.7 Å². The van der Waals surface area contributed by atoms with E-state index in [1.165, 1.54) is 18.4 Å². The zero-order valence-electron chi connectivity index (χ0n) is 15.0. The first-order valence-electron chi connectivity index (χ1n) is 8.93. The van der Waals surface area contributed by atoms with Crippen LogP contribution in [0.15, 0.2) is 54.1 Å². The summed E-state index contributed by atoms with van der Waals surface area (Å²) in [5.41, 5.74) is 4.34. The highest BCUT2D eigenvalue weighted by Gasteiger charge is 2.19. The normalized spacial score (nSPS) is 13.8. The lowest BCUT2D eigenvalue weighted by Gasteiger charge is -2.04. The van der Waals surface area contributed by atoms with Crippen molar-refractivity contribution in [2.75, 3.05) is 6.54 Å². The second kappa shape index (κ2) is 8.51. The van der Waals surface area contributed by atoms with Gasteiger partial charge in [-0.05, 0) is 73.7 Å². The average Bonchev–Trinajstić information content (AvgIpc) is 3.46. The Hall–Kier alpha value is -2.83. The summed E-state index contributed by atoms with van der Waals surface area (Å²) in [7, 11) is 0. The third kappa shape index (κ3) is 5.61. The van der Waals surface area contributed by atoms with Crippen molar-refractivity contribution >= 4 is 12.0 Å². The fourth-order valence-electron chi connectivity index (χ4n) is 2.62. The minimum absolute atomic E-state index is 0.316. The Morgan fingerprint density at radius 3 is 2.58 bits per heavy atom. The molecule has 1 aliphatic rings. The molecule has 1 aliphatic carbocycles. The maximum Gasteiger partial charge on any atom is 0.331 e. The SMILES string of the molecule is C/C(=C\c1ccc(C#Cc2cccc(CNCC3CC3)c2)cc1)C(=O)O. The van der Waals surface area contributed by atoms with E-state index in [2.05, 4.69) is 29.3 Å². The van der Waals surface area contributed by atoms with Crippen molar-refractivity contribution in [2.24, 2.45) is 5.92 Å². The molecule has 0 saturated heterocycles. The Morgan fingerprint density at radius 1 is 1.15 bits per heavy atom. The molecular weight excluding hydrogens is 322 g/mol. The second-order valence-electron chi connectivity index (χ2n) is 6.78. The van der Waals surface area contributed by atoms with Gasteiger partial charge >= 0.3 is 5.97 Å². The monoisotopic (exact) mass is 345 g/mol. The molecule has 3 nitrogen and oxygen atoms in total. The van der Waals surface area contributed by atoms with Crippen molar-refractivity contribution in [1.29, 1.82) is 0 Å². The molecule has 0 aliphatic heterocycles. The molecule has 0 amide bonds. The molecule has 3 rings (SSSR count). The molecule has 0 bridgehead atoms. The molecule has 2 N–H and O–H groups in total. The van der Waals surface area contributed by atoms with Crippen LogP contribution in [-0.4, -0.2) is 17.6 Å². The molecule has 0 spiro atoms. The summed E-state index contributed by atoms with van der Waals surface area (Å²) in [6.45, 7) is 3.58. The molecular formula is C23H23NO2. The van der Waals surface area contributed by atoms with Crippen LogP contribution in [0, 0.1) is 17.8 Å². The molecule has 0 heterocycles. The Balaban J connectivity index is 1.63. The first-order valence-corrected chi connectivity index (χ1v) is 8.93. The predicted octanol–water partition coefficient (Wildman–Crippen LogP) is 4.07. The van der Waals surface area contributed by atoms with Crippen LogP contribution in [-0.2, 0) is 11.3 Å². The lowest BCUT2D eigenvalue weighted by Crippen LogP contribution is -2.16. The molecule has 1 saturated carbocycles. The zero-order valence-corrected chi connectivity index (χ0v) is 15.0. The summed E-state index contributed by atoms with van der Waals surface area (Å²) in [5, 5.41) is 12.4. The van der Waals surface area contributed by atoms with Gasteiger partial charge in [0.2, 0.25) is 0 Å². The highest BCUT2D eigenvalue weighted by atomic mass is 16.4. The summed E-state index contributed by atoms with van der Waals surface area (Å²) in [4.78, 5) is 10.9. The Morgan fingerprint density at radius 2 is 1.88 bits per heavy atom. The summed E-state index contributed by atoms with van der Waals surface area (Å²) < 4.78 is 0. The molecule has 0 unspecified atom stereocenters. The fraction of sp³-hybridized carbons (Fsp3) is 0.261. The maximum atomic E-state index is 10.9. The molecule has 0 radical (unpaired) electrons. The van der Waals surface area contributed by atoms with Crippen LogP contribution in [0.2, 0.25) is 0 Å².